The van der Waals surface area contributed by atoms with Gasteiger partial charge in [0.1, 0.15) is 5.82 Å². The molecule has 2 N–H and O–H groups in total. The molecule has 0 saturated carbocycles. The standard InChI is InChI=1S/C16H22N4O2/c1-12-19-14-6-3-4-7-15(14)20(12)11-5-9-18-16(22)8-10-17-13(2)21/h3-4,6-7H,5,8-11H2,1-2H3,(H,17,21)(H,18,22). The van der Waals surface area contributed by atoms with Crippen molar-refractivity contribution < 1.29 is 9.59 Å². The van der Waals surface area contributed by atoms with Crippen LogP contribution >= 0.6 is 0 Å². The molecule has 0 aliphatic carbocycles. The van der Waals surface area contributed by atoms with Crippen LogP contribution < -0.4 is 10.6 Å². The van der Waals surface area contributed by atoms with Gasteiger partial charge in [0.15, 0.2) is 0 Å². The average molecular weight is 302 g/mol. The first-order valence-corrected chi connectivity index (χ1v) is 7.51. The molecule has 6 heteroatoms. The minimum atomic E-state index is -0.115. The summed E-state index contributed by atoms with van der Waals surface area (Å²) in [5.74, 6) is 0.828. The van der Waals surface area contributed by atoms with E-state index in [0.29, 0.717) is 19.5 Å². The zero-order chi connectivity index (χ0) is 15.9. The maximum absolute atomic E-state index is 11.6. The second kappa shape index (κ2) is 7.59. The van der Waals surface area contributed by atoms with Crippen molar-refractivity contribution in [2.45, 2.75) is 33.2 Å². The van der Waals surface area contributed by atoms with Crippen molar-refractivity contribution in [2.75, 3.05) is 13.1 Å². The Bertz CT molecular complexity index is 663. The van der Waals surface area contributed by atoms with Gasteiger partial charge in [-0.15, -0.1) is 0 Å². The number of para-hydroxylation sites is 2. The molecule has 0 fully saturated rings. The monoisotopic (exact) mass is 302 g/mol. The Kier molecular flexibility index (Phi) is 5.52. The molecule has 2 amide bonds. The predicted octanol–water partition coefficient (Wildman–Crippen LogP) is 1.38. The van der Waals surface area contributed by atoms with Gasteiger partial charge in [0, 0.05) is 33.0 Å². The Labute approximate surface area is 129 Å². The minimum absolute atomic E-state index is 0.0408. The zero-order valence-electron chi connectivity index (χ0n) is 13.1. The van der Waals surface area contributed by atoms with Crippen molar-refractivity contribution in [1.29, 1.82) is 0 Å². The lowest BCUT2D eigenvalue weighted by Crippen LogP contribution is -2.30. The highest BCUT2D eigenvalue weighted by molar-refractivity contribution is 5.78. The Morgan fingerprint density at radius 3 is 2.73 bits per heavy atom. The maximum Gasteiger partial charge on any atom is 0.221 e. The number of amides is 2. The molecule has 1 aromatic heterocycles. The van der Waals surface area contributed by atoms with Crippen LogP contribution in [0.25, 0.3) is 11.0 Å². The Morgan fingerprint density at radius 2 is 1.95 bits per heavy atom. The van der Waals surface area contributed by atoms with E-state index in [-0.39, 0.29) is 11.8 Å². The van der Waals surface area contributed by atoms with Crippen LogP contribution in [0.15, 0.2) is 24.3 Å². The van der Waals surface area contributed by atoms with Crippen molar-refractivity contribution in [3.8, 4) is 0 Å². The van der Waals surface area contributed by atoms with E-state index in [2.05, 4.69) is 26.3 Å². The molecule has 0 saturated heterocycles. The number of benzene rings is 1. The highest BCUT2D eigenvalue weighted by atomic mass is 16.2. The first-order chi connectivity index (χ1) is 10.6. The third-order valence-electron chi connectivity index (χ3n) is 3.45. The molecule has 0 atom stereocenters. The van der Waals surface area contributed by atoms with E-state index in [1.807, 2.05) is 25.1 Å². The van der Waals surface area contributed by atoms with Gasteiger partial charge >= 0.3 is 0 Å². The lowest BCUT2D eigenvalue weighted by molar-refractivity contribution is -0.121. The van der Waals surface area contributed by atoms with Gasteiger partial charge in [0.2, 0.25) is 11.8 Å². The molecular weight excluding hydrogens is 280 g/mol. The summed E-state index contributed by atoms with van der Waals surface area (Å²) in [6.07, 6.45) is 1.15. The van der Waals surface area contributed by atoms with E-state index in [4.69, 9.17) is 0 Å². The molecule has 22 heavy (non-hydrogen) atoms. The molecule has 118 valence electrons. The largest absolute Gasteiger partial charge is 0.356 e. The summed E-state index contributed by atoms with van der Waals surface area (Å²) >= 11 is 0. The summed E-state index contributed by atoms with van der Waals surface area (Å²) in [7, 11) is 0. The summed E-state index contributed by atoms with van der Waals surface area (Å²) in [6, 6.07) is 8.04. The number of rotatable bonds is 7. The molecule has 2 rings (SSSR count). The fraction of sp³-hybridized carbons (Fsp3) is 0.438. The molecule has 0 spiro atoms. The normalized spacial score (nSPS) is 10.6. The average Bonchev–Trinajstić information content (AvgIpc) is 2.79. The van der Waals surface area contributed by atoms with Crippen LogP contribution in [-0.2, 0) is 16.1 Å². The number of carbonyl (C=O) groups excluding carboxylic acids is 2. The minimum Gasteiger partial charge on any atom is -0.356 e. The van der Waals surface area contributed by atoms with Crippen molar-refractivity contribution in [1.82, 2.24) is 20.2 Å². The maximum atomic E-state index is 11.6. The SMILES string of the molecule is CC(=O)NCCC(=O)NCCCn1c(C)nc2ccccc21. The Balaban J connectivity index is 1.75. The lowest BCUT2D eigenvalue weighted by atomic mass is 10.3. The molecule has 6 nitrogen and oxygen atoms in total. The summed E-state index contributed by atoms with van der Waals surface area (Å²) in [4.78, 5) is 26.8. The molecule has 0 aliphatic rings. The topological polar surface area (TPSA) is 76.0 Å². The molecule has 1 aromatic carbocycles. The van der Waals surface area contributed by atoms with Gasteiger partial charge < -0.3 is 15.2 Å². The molecule has 0 bridgehead atoms. The van der Waals surface area contributed by atoms with Gasteiger partial charge in [-0.05, 0) is 25.5 Å². The fourth-order valence-electron chi connectivity index (χ4n) is 2.38. The molecule has 0 aliphatic heterocycles. The van der Waals surface area contributed by atoms with Crippen molar-refractivity contribution >= 4 is 22.8 Å². The van der Waals surface area contributed by atoms with E-state index in [1.54, 1.807) is 0 Å². The summed E-state index contributed by atoms with van der Waals surface area (Å²) in [5, 5.41) is 5.47. The van der Waals surface area contributed by atoms with Crippen molar-refractivity contribution in [3.63, 3.8) is 0 Å². The van der Waals surface area contributed by atoms with Gasteiger partial charge in [-0.1, -0.05) is 12.1 Å². The number of nitrogens with one attached hydrogen (secondary N) is 2. The van der Waals surface area contributed by atoms with Gasteiger partial charge in [-0.3, -0.25) is 9.59 Å². The number of hydrogen-bond donors (Lipinski definition) is 2. The number of nitrogens with zero attached hydrogens (tertiary/aromatic N) is 2. The van der Waals surface area contributed by atoms with E-state index < -0.39 is 0 Å². The number of aromatic nitrogens is 2. The lowest BCUT2D eigenvalue weighted by Gasteiger charge is -2.08. The second-order valence-corrected chi connectivity index (χ2v) is 5.24. The molecule has 0 unspecified atom stereocenters. The number of carbonyl (C=O) groups is 2. The third kappa shape index (κ3) is 4.31. The summed E-state index contributed by atoms with van der Waals surface area (Å²) in [6.45, 7) is 5.25. The molecule has 1 heterocycles. The Hall–Kier alpha value is -2.37. The van der Waals surface area contributed by atoms with Crippen molar-refractivity contribution in [2.24, 2.45) is 0 Å². The van der Waals surface area contributed by atoms with Crippen LogP contribution in [0.2, 0.25) is 0 Å². The van der Waals surface area contributed by atoms with Gasteiger partial charge in [-0.2, -0.15) is 0 Å². The van der Waals surface area contributed by atoms with Crippen LogP contribution in [0.4, 0.5) is 0 Å². The van der Waals surface area contributed by atoms with E-state index in [0.717, 1.165) is 29.8 Å². The quantitative estimate of drug-likeness (QED) is 0.759. The highest BCUT2D eigenvalue weighted by Gasteiger charge is 2.06. The van der Waals surface area contributed by atoms with E-state index >= 15 is 0 Å². The second-order valence-electron chi connectivity index (χ2n) is 5.24. The first-order valence-electron chi connectivity index (χ1n) is 7.51. The number of aryl methyl sites for hydroxylation is 2. The molecule has 2 aromatic rings. The zero-order valence-corrected chi connectivity index (χ0v) is 13.1. The fourth-order valence-corrected chi connectivity index (χ4v) is 2.38. The summed E-state index contributed by atoms with van der Waals surface area (Å²) < 4.78 is 2.17. The van der Waals surface area contributed by atoms with Crippen LogP contribution in [0.1, 0.15) is 25.6 Å². The van der Waals surface area contributed by atoms with Gasteiger partial charge in [0.25, 0.3) is 0 Å². The van der Waals surface area contributed by atoms with Crippen LogP contribution in [0, 0.1) is 6.92 Å². The van der Waals surface area contributed by atoms with Crippen molar-refractivity contribution in [3.05, 3.63) is 30.1 Å². The summed E-state index contributed by atoms with van der Waals surface area (Å²) in [5.41, 5.74) is 2.12. The first kappa shape index (κ1) is 16.0. The van der Waals surface area contributed by atoms with E-state index in [1.165, 1.54) is 6.92 Å². The molecular formula is C16H22N4O2. The highest BCUT2D eigenvalue weighted by Crippen LogP contribution is 2.15. The Morgan fingerprint density at radius 1 is 1.18 bits per heavy atom. The van der Waals surface area contributed by atoms with Gasteiger partial charge in [-0.25, -0.2) is 4.98 Å². The number of hydrogen-bond acceptors (Lipinski definition) is 3. The third-order valence-corrected chi connectivity index (χ3v) is 3.45. The van der Waals surface area contributed by atoms with Crippen LogP contribution in [0.5, 0.6) is 0 Å². The number of imidazole rings is 1. The van der Waals surface area contributed by atoms with Crippen LogP contribution in [0.3, 0.4) is 0 Å². The van der Waals surface area contributed by atoms with Crippen LogP contribution in [-0.4, -0.2) is 34.5 Å². The van der Waals surface area contributed by atoms with Gasteiger partial charge in [0.05, 0.1) is 11.0 Å². The molecule has 0 radical (unpaired) electrons. The van der Waals surface area contributed by atoms with E-state index in [9.17, 15) is 9.59 Å². The predicted molar refractivity (Wildman–Crippen MR) is 85.4 cm³/mol. The smallest absolute Gasteiger partial charge is 0.221 e. The number of fused-ring (bicyclic) bond motifs is 1.